The van der Waals surface area contributed by atoms with E-state index in [9.17, 15) is 39.6 Å². The Hall–Kier alpha value is -3.61. The van der Waals surface area contributed by atoms with Crippen molar-refractivity contribution in [1.29, 1.82) is 0 Å². The summed E-state index contributed by atoms with van der Waals surface area (Å²) in [5.41, 5.74) is 1.97. The third kappa shape index (κ3) is 3.80. The summed E-state index contributed by atoms with van der Waals surface area (Å²) in [7, 11) is 3.07. The third-order valence-corrected chi connectivity index (χ3v) is 8.45. The number of halogens is 1. The molecule has 0 aliphatic heterocycles. The van der Waals surface area contributed by atoms with Crippen molar-refractivity contribution in [2.24, 2.45) is 17.6 Å². The number of nitrogens with two attached hydrogens (primary N) is 1. The van der Waals surface area contributed by atoms with Crippen LogP contribution in [0.4, 0.5) is 11.4 Å². The molecule has 0 saturated heterocycles. The van der Waals surface area contributed by atoms with Crippen LogP contribution in [0, 0.1) is 11.8 Å². The third-order valence-electron chi connectivity index (χ3n) is 8.08. The van der Waals surface area contributed by atoms with Crippen molar-refractivity contribution in [1.82, 2.24) is 4.90 Å². The Morgan fingerprint density at radius 3 is 2.33 bits per heavy atom. The molecular formula is C26H31ClN4O8. The summed E-state index contributed by atoms with van der Waals surface area (Å²) >= 11 is 6.65. The Labute approximate surface area is 229 Å². The van der Waals surface area contributed by atoms with Gasteiger partial charge in [0.2, 0.25) is 12.2 Å². The fraction of sp³-hybridized carbons (Fsp3) is 0.462. The first kappa shape index (κ1) is 28.4. The van der Waals surface area contributed by atoms with E-state index in [1.54, 1.807) is 0 Å². The van der Waals surface area contributed by atoms with E-state index in [2.05, 4.69) is 5.32 Å². The molecule has 4 rings (SSSR count). The number of anilines is 2. The van der Waals surface area contributed by atoms with Crippen LogP contribution in [0.3, 0.4) is 0 Å². The van der Waals surface area contributed by atoms with Crippen LogP contribution in [0.15, 0.2) is 16.9 Å². The van der Waals surface area contributed by atoms with Gasteiger partial charge in [-0.3, -0.25) is 24.1 Å². The molecule has 0 heterocycles. The van der Waals surface area contributed by atoms with Gasteiger partial charge in [-0.15, -0.1) is 0 Å². The van der Waals surface area contributed by atoms with E-state index in [-0.39, 0.29) is 34.7 Å². The summed E-state index contributed by atoms with van der Waals surface area (Å²) in [6, 6.07) is -1.18. The van der Waals surface area contributed by atoms with E-state index in [4.69, 9.17) is 17.3 Å². The second-order valence-corrected chi connectivity index (χ2v) is 10.5. The summed E-state index contributed by atoms with van der Waals surface area (Å²) in [6.07, 6.45) is 0.341. The van der Waals surface area contributed by atoms with E-state index in [1.165, 1.54) is 19.0 Å². The number of ketones is 2. The number of nitrogens with one attached hydrogen (secondary N) is 1. The van der Waals surface area contributed by atoms with Crippen LogP contribution in [0.5, 0.6) is 5.75 Å². The normalized spacial score (nSPS) is 26.3. The highest BCUT2D eigenvalue weighted by Gasteiger charge is 2.64. The molecule has 13 heteroatoms. The molecule has 210 valence electrons. The number of likely N-dealkylation sites (N-methyl/N-ethyl adjacent to an activating group) is 1. The molecule has 2 amide bonds. The molecule has 1 fully saturated rings. The fourth-order valence-corrected chi connectivity index (χ4v) is 6.77. The highest BCUT2D eigenvalue weighted by molar-refractivity contribution is 6.37. The summed E-state index contributed by atoms with van der Waals surface area (Å²) in [5, 5.41) is 47.6. The van der Waals surface area contributed by atoms with Crippen molar-refractivity contribution in [3.05, 3.63) is 33.1 Å². The summed E-state index contributed by atoms with van der Waals surface area (Å²) in [6.45, 7) is 4.73. The van der Waals surface area contributed by atoms with E-state index < -0.39 is 63.8 Å². The number of Topliss-reactive ketones (excluding diaryl/α,β-unsaturated/α-hetero) is 2. The number of carbonyl (C=O) groups is 4. The zero-order valence-electron chi connectivity index (χ0n) is 21.9. The van der Waals surface area contributed by atoms with Gasteiger partial charge in [-0.2, -0.15) is 0 Å². The average Bonchev–Trinajstić information content (AvgIpc) is 2.86. The number of phenols is 1. The molecule has 7 N–H and O–H groups in total. The number of hydrogen-bond acceptors (Lipinski definition) is 10. The summed E-state index contributed by atoms with van der Waals surface area (Å²) < 4.78 is 0. The van der Waals surface area contributed by atoms with Gasteiger partial charge in [0.05, 0.1) is 22.3 Å². The molecule has 3 aliphatic rings. The van der Waals surface area contributed by atoms with Gasteiger partial charge >= 0.3 is 0 Å². The first-order chi connectivity index (χ1) is 18.3. The Kier molecular flexibility index (Phi) is 7.17. The number of primary amides is 1. The van der Waals surface area contributed by atoms with Crippen LogP contribution in [0.2, 0.25) is 5.02 Å². The molecule has 1 aromatic rings. The van der Waals surface area contributed by atoms with Crippen LogP contribution >= 0.6 is 11.6 Å². The van der Waals surface area contributed by atoms with Gasteiger partial charge in [0.1, 0.15) is 22.8 Å². The predicted octanol–water partition coefficient (Wildman–Crippen LogP) is 1.03. The number of carbonyl (C=O) groups excluding carboxylic acids is 4. The van der Waals surface area contributed by atoms with Crippen LogP contribution in [-0.4, -0.2) is 88.0 Å². The number of benzene rings is 1. The number of nitrogens with zero attached hydrogens (tertiary/aromatic N) is 2. The maximum absolute atomic E-state index is 14.0. The summed E-state index contributed by atoms with van der Waals surface area (Å²) in [4.78, 5) is 53.9. The highest BCUT2D eigenvalue weighted by Crippen LogP contribution is 2.56. The van der Waals surface area contributed by atoms with Crippen molar-refractivity contribution in [2.45, 2.75) is 38.3 Å². The summed E-state index contributed by atoms with van der Waals surface area (Å²) in [5.74, 6) is -7.59. The van der Waals surface area contributed by atoms with Gasteiger partial charge in [-0.1, -0.05) is 11.6 Å². The molecule has 39 heavy (non-hydrogen) atoms. The first-order valence-electron chi connectivity index (χ1n) is 12.5. The molecular weight excluding hydrogens is 532 g/mol. The number of aromatic hydroxyl groups is 1. The second kappa shape index (κ2) is 9.85. The van der Waals surface area contributed by atoms with Crippen LogP contribution in [-0.2, 0) is 25.6 Å². The van der Waals surface area contributed by atoms with Gasteiger partial charge in [0, 0.05) is 24.6 Å². The van der Waals surface area contributed by atoms with Crippen molar-refractivity contribution in [3.63, 3.8) is 0 Å². The molecule has 2 unspecified atom stereocenters. The second-order valence-electron chi connectivity index (χ2n) is 10.1. The lowest BCUT2D eigenvalue weighted by atomic mass is 9.57. The van der Waals surface area contributed by atoms with Crippen molar-refractivity contribution >= 4 is 52.6 Å². The lowest BCUT2D eigenvalue weighted by Gasteiger charge is -2.50. The van der Waals surface area contributed by atoms with Crippen LogP contribution in [0.25, 0.3) is 5.76 Å². The van der Waals surface area contributed by atoms with E-state index >= 15 is 0 Å². The van der Waals surface area contributed by atoms with Gasteiger partial charge in [0.15, 0.2) is 17.1 Å². The van der Waals surface area contributed by atoms with Crippen molar-refractivity contribution < 1.29 is 39.6 Å². The van der Waals surface area contributed by atoms with E-state index in [1.807, 2.05) is 18.7 Å². The predicted molar refractivity (Wildman–Crippen MR) is 143 cm³/mol. The standard InChI is InChI=1S/C26H31ClN4O8/c1-5-31(6-2)18-11-7-10-8-12-19(30(3)4)22(35)15(25(28)38)24(37)26(12,39)23(36)13(10)20(33)14(11)21(34)17(16(18)27)29-9-32/h9-10,12,19,33-34,37,39H,5-8H2,1-4H3,(H2,28,38)(H,29,32)/t10?,12?,19-,26-/m0/s1. The number of hydrogen-bond donors (Lipinski definition) is 6. The number of rotatable bonds is 7. The minimum absolute atomic E-state index is 0.0441. The zero-order chi connectivity index (χ0) is 29.1. The smallest absolute Gasteiger partial charge is 0.255 e. The zero-order valence-corrected chi connectivity index (χ0v) is 22.7. The fourth-order valence-electron chi connectivity index (χ4n) is 6.39. The molecule has 1 saturated carbocycles. The van der Waals surface area contributed by atoms with E-state index in [0.717, 1.165) is 0 Å². The molecule has 3 aliphatic carbocycles. The SMILES string of the molecule is CCN(CC)c1c(Cl)c(NC=O)c(O)c2c1CC1CC3[C@H](N(C)C)C(=O)C(C(N)=O)=C(O)[C@@]3(O)C(=O)C1=C2O. The molecule has 4 atom stereocenters. The molecule has 0 radical (unpaired) electrons. The van der Waals surface area contributed by atoms with Crippen molar-refractivity contribution in [3.8, 4) is 5.75 Å². The average molecular weight is 563 g/mol. The van der Waals surface area contributed by atoms with Crippen molar-refractivity contribution in [2.75, 3.05) is 37.4 Å². The van der Waals surface area contributed by atoms with Gasteiger partial charge in [-0.25, -0.2) is 0 Å². The molecule has 0 bridgehead atoms. The number of amides is 2. The minimum atomic E-state index is -2.74. The highest BCUT2D eigenvalue weighted by atomic mass is 35.5. The largest absolute Gasteiger partial charge is 0.508 e. The Balaban J connectivity index is 2.05. The maximum atomic E-state index is 14.0. The quantitative estimate of drug-likeness (QED) is 0.159. The molecule has 0 spiro atoms. The van der Waals surface area contributed by atoms with Gasteiger partial charge in [0.25, 0.3) is 5.91 Å². The van der Waals surface area contributed by atoms with Crippen LogP contribution in [0.1, 0.15) is 31.4 Å². The maximum Gasteiger partial charge on any atom is 0.255 e. The van der Waals surface area contributed by atoms with Crippen LogP contribution < -0.4 is 16.0 Å². The van der Waals surface area contributed by atoms with Gasteiger partial charge < -0.3 is 36.4 Å². The topological polar surface area (TPSA) is 194 Å². The monoisotopic (exact) mass is 562 g/mol. The number of aliphatic hydroxyl groups excluding tert-OH is 2. The van der Waals surface area contributed by atoms with Gasteiger partial charge in [-0.05, 0) is 52.3 Å². The molecule has 12 nitrogen and oxygen atoms in total. The molecule has 0 aromatic heterocycles. The number of aliphatic hydroxyl groups is 3. The van der Waals surface area contributed by atoms with E-state index in [0.29, 0.717) is 30.8 Å². The first-order valence-corrected chi connectivity index (χ1v) is 12.8. The molecule has 1 aromatic carbocycles. The minimum Gasteiger partial charge on any atom is -0.508 e. The Bertz CT molecular complexity index is 1370. The lowest BCUT2D eigenvalue weighted by Crippen LogP contribution is -2.65. The number of fused-ring (bicyclic) bond motifs is 3. The Morgan fingerprint density at radius 2 is 1.82 bits per heavy atom. The Morgan fingerprint density at radius 1 is 1.21 bits per heavy atom. The number of phenolic OH excluding ortho intramolecular Hbond substituents is 1. The lowest BCUT2D eigenvalue weighted by molar-refractivity contribution is -0.153.